The van der Waals surface area contributed by atoms with Crippen LogP contribution in [0.25, 0.3) is 0 Å². The van der Waals surface area contributed by atoms with E-state index in [4.69, 9.17) is 9.47 Å². The third-order valence-electron chi connectivity index (χ3n) is 3.46. The van der Waals surface area contributed by atoms with Gasteiger partial charge in [0.15, 0.2) is 0 Å². The molecule has 0 aromatic heterocycles. The molecule has 0 spiro atoms. The summed E-state index contributed by atoms with van der Waals surface area (Å²) in [5, 5.41) is 3.64. The van der Waals surface area contributed by atoms with Crippen molar-refractivity contribution in [1.29, 1.82) is 0 Å². The summed E-state index contributed by atoms with van der Waals surface area (Å²) in [6.07, 6.45) is 8.21. The van der Waals surface area contributed by atoms with Gasteiger partial charge in [0.2, 0.25) is 0 Å². The number of hydrogen-bond donors (Lipinski definition) is 1. The molecule has 0 atom stereocenters. The third kappa shape index (κ3) is 7.02. The quantitative estimate of drug-likeness (QED) is 0.665. The van der Waals surface area contributed by atoms with E-state index in [1.54, 1.807) is 0 Å². The van der Waals surface area contributed by atoms with Crippen molar-refractivity contribution in [3.05, 3.63) is 0 Å². The van der Waals surface area contributed by atoms with Gasteiger partial charge in [-0.05, 0) is 58.9 Å². The zero-order chi connectivity index (χ0) is 12.5. The number of methoxy groups -OCH3 is 1. The van der Waals surface area contributed by atoms with Crippen LogP contribution in [-0.4, -0.2) is 38.5 Å². The van der Waals surface area contributed by atoms with Crippen molar-refractivity contribution in [2.45, 2.75) is 70.6 Å². The molecule has 0 amide bonds. The van der Waals surface area contributed by atoms with E-state index < -0.39 is 0 Å². The summed E-state index contributed by atoms with van der Waals surface area (Å²) in [4.78, 5) is 0. The normalized spacial score (nSPS) is 25.4. The second-order valence-corrected chi connectivity index (χ2v) is 5.29. The fourth-order valence-corrected chi connectivity index (χ4v) is 2.35. The molecule has 17 heavy (non-hydrogen) atoms. The summed E-state index contributed by atoms with van der Waals surface area (Å²) >= 11 is 0. The highest BCUT2D eigenvalue weighted by Crippen LogP contribution is 2.20. The molecular weight excluding hydrogens is 214 g/mol. The average molecular weight is 243 g/mol. The summed E-state index contributed by atoms with van der Waals surface area (Å²) in [5.74, 6) is 0. The number of nitrogens with one attached hydrogen (secondary N) is 1. The van der Waals surface area contributed by atoms with Crippen molar-refractivity contribution in [3.8, 4) is 0 Å². The molecule has 0 saturated heterocycles. The molecule has 1 N–H and O–H groups in total. The number of ether oxygens (including phenoxy) is 2. The van der Waals surface area contributed by atoms with Gasteiger partial charge in [-0.15, -0.1) is 0 Å². The molecule has 0 unspecified atom stereocenters. The Hall–Kier alpha value is -0.120. The summed E-state index contributed by atoms with van der Waals surface area (Å²) in [5.41, 5.74) is 0. The van der Waals surface area contributed by atoms with Gasteiger partial charge in [-0.3, -0.25) is 0 Å². The molecule has 3 heteroatoms. The third-order valence-corrected chi connectivity index (χ3v) is 3.46. The summed E-state index contributed by atoms with van der Waals surface area (Å²) in [7, 11) is 1.83. The van der Waals surface area contributed by atoms with Gasteiger partial charge in [0.25, 0.3) is 0 Å². The highest BCUT2D eigenvalue weighted by Gasteiger charge is 2.19. The lowest BCUT2D eigenvalue weighted by atomic mass is 9.93. The fourth-order valence-electron chi connectivity index (χ4n) is 2.35. The minimum Gasteiger partial charge on any atom is -0.381 e. The monoisotopic (exact) mass is 243 g/mol. The van der Waals surface area contributed by atoms with Crippen LogP contribution in [0.2, 0.25) is 0 Å². The predicted molar refractivity (Wildman–Crippen MR) is 71.4 cm³/mol. The molecule has 1 rings (SSSR count). The standard InChI is InChI=1S/C14H29NO2/c1-12(2)17-11-5-4-10-15-13-6-8-14(16-3)9-7-13/h12-15H,4-11H2,1-3H3. The van der Waals surface area contributed by atoms with Crippen molar-refractivity contribution >= 4 is 0 Å². The molecule has 102 valence electrons. The van der Waals surface area contributed by atoms with Gasteiger partial charge in [0.1, 0.15) is 0 Å². The molecule has 0 bridgehead atoms. The van der Waals surface area contributed by atoms with Crippen molar-refractivity contribution < 1.29 is 9.47 Å². The molecule has 0 radical (unpaired) electrons. The molecule has 0 aromatic rings. The lowest BCUT2D eigenvalue weighted by molar-refractivity contribution is 0.0618. The Morgan fingerprint density at radius 1 is 1.12 bits per heavy atom. The molecule has 1 fully saturated rings. The van der Waals surface area contributed by atoms with Crippen LogP contribution in [0.5, 0.6) is 0 Å². The van der Waals surface area contributed by atoms with Gasteiger partial charge in [-0.1, -0.05) is 0 Å². The van der Waals surface area contributed by atoms with E-state index in [0.29, 0.717) is 18.2 Å². The maximum atomic E-state index is 5.52. The van der Waals surface area contributed by atoms with E-state index in [9.17, 15) is 0 Å². The van der Waals surface area contributed by atoms with Crippen molar-refractivity contribution in [3.63, 3.8) is 0 Å². The van der Waals surface area contributed by atoms with Crippen LogP contribution >= 0.6 is 0 Å². The summed E-state index contributed by atoms with van der Waals surface area (Å²) in [6.45, 7) is 6.21. The molecular formula is C14H29NO2. The minimum atomic E-state index is 0.368. The van der Waals surface area contributed by atoms with Crippen LogP contribution in [0.15, 0.2) is 0 Å². The zero-order valence-corrected chi connectivity index (χ0v) is 11.7. The van der Waals surface area contributed by atoms with Gasteiger partial charge in [0.05, 0.1) is 12.2 Å². The van der Waals surface area contributed by atoms with E-state index in [1.165, 1.54) is 38.5 Å². The maximum Gasteiger partial charge on any atom is 0.0572 e. The molecule has 1 saturated carbocycles. The summed E-state index contributed by atoms with van der Waals surface area (Å²) < 4.78 is 10.9. The molecule has 0 aliphatic heterocycles. The van der Waals surface area contributed by atoms with Crippen LogP contribution < -0.4 is 5.32 Å². The zero-order valence-electron chi connectivity index (χ0n) is 11.7. The van der Waals surface area contributed by atoms with Crippen molar-refractivity contribution in [1.82, 2.24) is 5.32 Å². The maximum absolute atomic E-state index is 5.52. The Morgan fingerprint density at radius 2 is 1.82 bits per heavy atom. The second kappa shape index (κ2) is 8.90. The van der Waals surface area contributed by atoms with E-state index in [0.717, 1.165) is 13.2 Å². The van der Waals surface area contributed by atoms with Crippen LogP contribution in [0, 0.1) is 0 Å². The largest absolute Gasteiger partial charge is 0.381 e. The SMILES string of the molecule is COC1CCC(NCCCCOC(C)C)CC1. The number of unbranched alkanes of at least 4 members (excludes halogenated alkanes) is 1. The lowest BCUT2D eigenvalue weighted by Crippen LogP contribution is -2.35. The van der Waals surface area contributed by atoms with Crippen LogP contribution in [0.4, 0.5) is 0 Å². The smallest absolute Gasteiger partial charge is 0.0572 e. The molecule has 0 heterocycles. The topological polar surface area (TPSA) is 30.5 Å². The molecule has 1 aliphatic rings. The number of hydrogen-bond acceptors (Lipinski definition) is 3. The summed E-state index contributed by atoms with van der Waals surface area (Å²) in [6, 6.07) is 0.715. The Morgan fingerprint density at radius 3 is 2.41 bits per heavy atom. The van der Waals surface area contributed by atoms with E-state index in [2.05, 4.69) is 19.2 Å². The Kier molecular flexibility index (Phi) is 7.82. The highest BCUT2D eigenvalue weighted by atomic mass is 16.5. The second-order valence-electron chi connectivity index (χ2n) is 5.29. The van der Waals surface area contributed by atoms with Gasteiger partial charge in [0, 0.05) is 19.8 Å². The minimum absolute atomic E-state index is 0.368. The molecule has 3 nitrogen and oxygen atoms in total. The highest BCUT2D eigenvalue weighted by molar-refractivity contribution is 4.77. The van der Waals surface area contributed by atoms with E-state index in [1.807, 2.05) is 7.11 Å². The predicted octanol–water partition coefficient (Wildman–Crippen LogP) is 2.74. The van der Waals surface area contributed by atoms with Crippen molar-refractivity contribution in [2.24, 2.45) is 0 Å². The molecule has 1 aliphatic carbocycles. The van der Waals surface area contributed by atoms with Gasteiger partial charge in [-0.2, -0.15) is 0 Å². The van der Waals surface area contributed by atoms with Gasteiger partial charge < -0.3 is 14.8 Å². The lowest BCUT2D eigenvalue weighted by Gasteiger charge is -2.28. The van der Waals surface area contributed by atoms with Gasteiger partial charge >= 0.3 is 0 Å². The van der Waals surface area contributed by atoms with E-state index in [-0.39, 0.29) is 0 Å². The van der Waals surface area contributed by atoms with Crippen LogP contribution in [0.1, 0.15) is 52.4 Å². The first-order chi connectivity index (χ1) is 8.22. The molecule has 0 aromatic carbocycles. The first kappa shape index (κ1) is 14.9. The first-order valence-electron chi connectivity index (χ1n) is 7.10. The van der Waals surface area contributed by atoms with Gasteiger partial charge in [-0.25, -0.2) is 0 Å². The fraction of sp³-hybridized carbons (Fsp3) is 1.00. The number of rotatable bonds is 8. The van der Waals surface area contributed by atoms with Crippen LogP contribution in [0.3, 0.4) is 0 Å². The van der Waals surface area contributed by atoms with E-state index >= 15 is 0 Å². The Bertz CT molecular complexity index is 177. The average Bonchev–Trinajstić information content (AvgIpc) is 2.34. The van der Waals surface area contributed by atoms with Crippen LogP contribution in [-0.2, 0) is 9.47 Å². The first-order valence-corrected chi connectivity index (χ1v) is 7.10. The Balaban J connectivity index is 1.90. The van der Waals surface area contributed by atoms with Crippen molar-refractivity contribution in [2.75, 3.05) is 20.3 Å². The Labute approximate surface area is 106 Å².